The van der Waals surface area contributed by atoms with Crippen LogP contribution in [0.1, 0.15) is 33.6 Å². The molecule has 1 nitrogen and oxygen atoms in total. The van der Waals surface area contributed by atoms with Crippen LogP contribution >= 0.6 is 0 Å². The molecule has 0 aromatic carbocycles. The molecule has 1 aliphatic carbocycles. The molecule has 0 radical (unpaired) electrons. The Labute approximate surface area is 107 Å². The van der Waals surface area contributed by atoms with Crippen LogP contribution in [0, 0.1) is 5.92 Å². The third-order valence-corrected chi connectivity index (χ3v) is 8.16. The van der Waals surface area contributed by atoms with Gasteiger partial charge in [0.2, 0.25) is 8.32 Å². The van der Waals surface area contributed by atoms with Gasteiger partial charge in [0.15, 0.2) is 0 Å². The van der Waals surface area contributed by atoms with Gasteiger partial charge < -0.3 is 4.43 Å². The quantitative estimate of drug-likeness (QED) is 0.501. The second-order valence-corrected chi connectivity index (χ2v) is 11.1. The molecule has 0 N–H and O–H groups in total. The summed E-state index contributed by atoms with van der Waals surface area (Å²) in [4.78, 5) is 0. The highest BCUT2D eigenvalue weighted by Crippen LogP contribution is 2.38. The summed E-state index contributed by atoms with van der Waals surface area (Å²) in [6, 6.07) is 0. The van der Waals surface area contributed by atoms with E-state index in [1.54, 1.807) is 0 Å². The summed E-state index contributed by atoms with van der Waals surface area (Å²) >= 11 is 0. The van der Waals surface area contributed by atoms with E-state index >= 15 is 0 Å². The predicted octanol–water partition coefficient (Wildman–Crippen LogP) is 5.04. The molecule has 0 aromatic rings. The molecule has 0 spiro atoms. The number of hydrogen-bond acceptors (Lipinski definition) is 1. The molecule has 1 unspecified atom stereocenters. The summed E-state index contributed by atoms with van der Waals surface area (Å²) in [5.74, 6) is 1.68. The van der Waals surface area contributed by atoms with Crippen molar-refractivity contribution in [1.29, 1.82) is 0 Å². The van der Waals surface area contributed by atoms with Crippen molar-refractivity contribution in [3.8, 4) is 0 Å². The molecule has 0 aromatic heterocycles. The Kier molecular flexibility index (Phi) is 4.42. The Morgan fingerprint density at radius 2 is 2.12 bits per heavy atom. The number of rotatable bonds is 4. The lowest BCUT2D eigenvalue weighted by molar-refractivity contribution is 0.392. The highest BCUT2D eigenvalue weighted by molar-refractivity contribution is 6.74. The second kappa shape index (κ2) is 5.26. The average molecular weight is 250 g/mol. The van der Waals surface area contributed by atoms with Crippen molar-refractivity contribution in [2.45, 2.75) is 51.7 Å². The molecule has 0 heterocycles. The zero-order valence-corrected chi connectivity index (χ0v) is 12.9. The fourth-order valence-corrected chi connectivity index (χ4v) is 2.60. The summed E-state index contributed by atoms with van der Waals surface area (Å²) < 4.78 is 6.26. The Hall–Kier alpha value is -0.763. The maximum atomic E-state index is 6.26. The second-order valence-electron chi connectivity index (χ2n) is 6.35. The van der Waals surface area contributed by atoms with Gasteiger partial charge in [-0.2, -0.15) is 0 Å². The molecular weight excluding hydrogens is 224 g/mol. The van der Waals surface area contributed by atoms with Crippen LogP contribution < -0.4 is 0 Å². The van der Waals surface area contributed by atoms with Crippen LogP contribution in [-0.2, 0) is 4.43 Å². The molecule has 0 amide bonds. The van der Waals surface area contributed by atoms with Crippen LogP contribution in [0.25, 0.3) is 0 Å². The SMILES string of the molecule is C=CCC1C=CC(O[Si](C)(C)C(C)(C)C)=CC1. The van der Waals surface area contributed by atoms with Crippen LogP contribution in [-0.4, -0.2) is 8.32 Å². The lowest BCUT2D eigenvalue weighted by atomic mass is 9.97. The molecule has 0 aliphatic heterocycles. The van der Waals surface area contributed by atoms with Crippen molar-refractivity contribution in [2.75, 3.05) is 0 Å². The van der Waals surface area contributed by atoms with Gasteiger partial charge in [0, 0.05) is 0 Å². The van der Waals surface area contributed by atoms with Crippen molar-refractivity contribution in [3.63, 3.8) is 0 Å². The number of allylic oxidation sites excluding steroid dienone is 4. The first-order valence-electron chi connectivity index (χ1n) is 6.44. The Bertz CT molecular complexity index is 331. The smallest absolute Gasteiger partial charge is 0.250 e. The number of hydrogen-bond donors (Lipinski definition) is 0. The molecule has 0 saturated heterocycles. The third-order valence-electron chi connectivity index (χ3n) is 3.80. The molecule has 0 saturated carbocycles. The molecule has 2 heteroatoms. The Morgan fingerprint density at radius 1 is 1.47 bits per heavy atom. The first-order valence-corrected chi connectivity index (χ1v) is 9.35. The zero-order chi connectivity index (χ0) is 13.1. The first-order chi connectivity index (χ1) is 7.76. The first kappa shape index (κ1) is 14.3. The molecule has 17 heavy (non-hydrogen) atoms. The summed E-state index contributed by atoms with van der Waals surface area (Å²) in [7, 11) is -1.67. The molecule has 0 fully saturated rings. The lowest BCUT2D eigenvalue weighted by Crippen LogP contribution is -2.40. The topological polar surface area (TPSA) is 9.23 Å². The predicted molar refractivity (Wildman–Crippen MR) is 78.4 cm³/mol. The molecule has 1 aliphatic rings. The molecular formula is C15H26OSi. The molecule has 0 bridgehead atoms. The minimum atomic E-state index is -1.67. The monoisotopic (exact) mass is 250 g/mol. The van der Waals surface area contributed by atoms with Crippen molar-refractivity contribution < 1.29 is 4.43 Å². The van der Waals surface area contributed by atoms with E-state index in [4.69, 9.17) is 4.43 Å². The normalized spacial score (nSPS) is 21.0. The zero-order valence-electron chi connectivity index (χ0n) is 11.9. The van der Waals surface area contributed by atoms with Gasteiger partial charge in [-0.1, -0.05) is 32.9 Å². The van der Waals surface area contributed by atoms with Crippen LogP contribution in [0.5, 0.6) is 0 Å². The highest BCUT2D eigenvalue weighted by atomic mass is 28.4. The summed E-state index contributed by atoms with van der Waals surface area (Å²) in [5.41, 5.74) is 0. The molecule has 96 valence electrons. The van der Waals surface area contributed by atoms with E-state index < -0.39 is 8.32 Å². The van der Waals surface area contributed by atoms with Crippen LogP contribution in [0.3, 0.4) is 0 Å². The minimum absolute atomic E-state index is 0.264. The van der Waals surface area contributed by atoms with Gasteiger partial charge >= 0.3 is 0 Å². The maximum absolute atomic E-state index is 6.26. The van der Waals surface area contributed by atoms with E-state index in [9.17, 15) is 0 Å². The summed E-state index contributed by atoms with van der Waals surface area (Å²) in [5, 5.41) is 0.264. The molecule has 1 atom stereocenters. The summed E-state index contributed by atoms with van der Waals surface area (Å²) in [6.45, 7) is 15.2. The Morgan fingerprint density at radius 3 is 2.53 bits per heavy atom. The largest absolute Gasteiger partial charge is 0.544 e. The van der Waals surface area contributed by atoms with E-state index in [0.29, 0.717) is 5.92 Å². The standard InChI is InChI=1S/C15H26OSi/c1-7-8-13-9-11-14(12-10-13)16-17(5,6)15(2,3)4/h7,9,11-13H,1,8,10H2,2-6H3. The highest BCUT2D eigenvalue weighted by Gasteiger charge is 2.39. The lowest BCUT2D eigenvalue weighted by Gasteiger charge is -2.37. The molecule has 1 rings (SSSR count). The third kappa shape index (κ3) is 3.88. The Balaban J connectivity index is 2.62. The minimum Gasteiger partial charge on any atom is -0.544 e. The van der Waals surface area contributed by atoms with Gasteiger partial charge in [-0.25, -0.2) is 0 Å². The fourth-order valence-electron chi connectivity index (χ4n) is 1.56. The average Bonchev–Trinajstić information content (AvgIpc) is 2.19. The van der Waals surface area contributed by atoms with Gasteiger partial charge in [-0.05, 0) is 49.0 Å². The maximum Gasteiger partial charge on any atom is 0.250 e. The fraction of sp³-hybridized carbons (Fsp3) is 0.600. The van der Waals surface area contributed by atoms with E-state index in [2.05, 4.69) is 58.7 Å². The van der Waals surface area contributed by atoms with E-state index in [-0.39, 0.29) is 5.04 Å². The van der Waals surface area contributed by atoms with Crippen molar-refractivity contribution in [2.24, 2.45) is 5.92 Å². The van der Waals surface area contributed by atoms with E-state index in [1.165, 1.54) is 0 Å². The van der Waals surface area contributed by atoms with Gasteiger partial charge in [0.1, 0.15) is 0 Å². The van der Waals surface area contributed by atoms with Gasteiger partial charge in [0.05, 0.1) is 5.76 Å². The van der Waals surface area contributed by atoms with Crippen molar-refractivity contribution in [1.82, 2.24) is 0 Å². The van der Waals surface area contributed by atoms with Gasteiger partial charge in [0.25, 0.3) is 0 Å². The van der Waals surface area contributed by atoms with E-state index in [0.717, 1.165) is 18.6 Å². The van der Waals surface area contributed by atoms with Crippen molar-refractivity contribution in [3.05, 3.63) is 36.6 Å². The van der Waals surface area contributed by atoms with Crippen LogP contribution in [0.4, 0.5) is 0 Å². The van der Waals surface area contributed by atoms with Crippen LogP contribution in [0.2, 0.25) is 18.1 Å². The van der Waals surface area contributed by atoms with E-state index in [1.807, 2.05) is 6.08 Å². The van der Waals surface area contributed by atoms with Crippen molar-refractivity contribution >= 4 is 8.32 Å². The van der Waals surface area contributed by atoms with Gasteiger partial charge in [-0.15, -0.1) is 6.58 Å². The van der Waals surface area contributed by atoms with Crippen LogP contribution in [0.15, 0.2) is 36.6 Å². The van der Waals surface area contributed by atoms with Gasteiger partial charge in [-0.3, -0.25) is 0 Å². The summed E-state index contributed by atoms with van der Waals surface area (Å²) in [6.07, 6.45) is 10.7.